The molecule has 0 fully saturated rings. The molecule has 4 nitrogen and oxygen atoms in total. The fraction of sp³-hybridized carbons (Fsp3) is 0.400. The molecule has 0 unspecified atom stereocenters. The van der Waals surface area contributed by atoms with Gasteiger partial charge in [0.25, 0.3) is 0 Å². The first-order chi connectivity index (χ1) is 6.88. The highest BCUT2D eigenvalue weighted by atomic mass is 16.5. The van der Waals surface area contributed by atoms with E-state index in [1.165, 1.54) is 6.20 Å². The van der Waals surface area contributed by atoms with Crippen LogP contribution in [0.15, 0.2) is 18.5 Å². The molecule has 0 saturated heterocycles. The Morgan fingerprint density at radius 1 is 1.50 bits per heavy atom. The fourth-order valence-corrected chi connectivity index (χ4v) is 0.969. The largest absolute Gasteiger partial charge is 0.490 e. The molecule has 0 aliphatic rings. The first-order valence-electron chi connectivity index (χ1n) is 4.48. The molecule has 4 heteroatoms. The molecule has 0 aliphatic carbocycles. The highest BCUT2D eigenvalue weighted by molar-refractivity contribution is 5.78. The molecule has 0 radical (unpaired) electrons. The Morgan fingerprint density at radius 3 is 3.07 bits per heavy atom. The van der Waals surface area contributed by atoms with E-state index in [0.717, 1.165) is 6.29 Å². The van der Waals surface area contributed by atoms with Gasteiger partial charge in [0.15, 0.2) is 6.29 Å². The number of nitrogens with zero attached hydrogens (tertiary/aromatic N) is 1. The molecule has 0 atom stereocenters. The van der Waals surface area contributed by atoms with Gasteiger partial charge in [-0.25, -0.2) is 0 Å². The summed E-state index contributed by atoms with van der Waals surface area (Å²) in [5, 5.41) is 0. The SMILES string of the molecule is CCOCCOc1ccncc1C=O. The first kappa shape index (κ1) is 10.7. The van der Waals surface area contributed by atoms with Crippen molar-refractivity contribution in [1.29, 1.82) is 0 Å². The van der Waals surface area contributed by atoms with Crippen LogP contribution in [0.5, 0.6) is 5.75 Å². The molecule has 0 amide bonds. The summed E-state index contributed by atoms with van der Waals surface area (Å²) in [6, 6.07) is 1.66. The van der Waals surface area contributed by atoms with Crippen molar-refractivity contribution in [3.63, 3.8) is 0 Å². The van der Waals surface area contributed by atoms with Crippen molar-refractivity contribution in [1.82, 2.24) is 4.98 Å². The summed E-state index contributed by atoms with van der Waals surface area (Å²) in [5.41, 5.74) is 0.462. The summed E-state index contributed by atoms with van der Waals surface area (Å²) in [5.74, 6) is 0.551. The molecular formula is C10H13NO3. The molecule has 0 N–H and O–H groups in total. The van der Waals surface area contributed by atoms with E-state index >= 15 is 0 Å². The quantitative estimate of drug-likeness (QED) is 0.507. The Labute approximate surface area is 82.9 Å². The highest BCUT2D eigenvalue weighted by Gasteiger charge is 2.00. The second-order valence-electron chi connectivity index (χ2n) is 2.58. The van der Waals surface area contributed by atoms with Gasteiger partial charge in [-0.3, -0.25) is 9.78 Å². The topological polar surface area (TPSA) is 48.4 Å². The summed E-state index contributed by atoms with van der Waals surface area (Å²) in [6.07, 6.45) is 3.79. The molecule has 0 bridgehead atoms. The summed E-state index contributed by atoms with van der Waals surface area (Å²) in [7, 11) is 0. The van der Waals surface area contributed by atoms with Crippen LogP contribution in [-0.4, -0.2) is 31.1 Å². The molecule has 0 aliphatic heterocycles. The number of rotatable bonds is 6. The smallest absolute Gasteiger partial charge is 0.155 e. The maximum Gasteiger partial charge on any atom is 0.155 e. The van der Waals surface area contributed by atoms with E-state index in [1.807, 2.05) is 6.92 Å². The molecule has 1 aromatic rings. The van der Waals surface area contributed by atoms with Gasteiger partial charge in [-0.05, 0) is 13.0 Å². The van der Waals surface area contributed by atoms with Gasteiger partial charge < -0.3 is 9.47 Å². The van der Waals surface area contributed by atoms with Gasteiger partial charge in [-0.15, -0.1) is 0 Å². The van der Waals surface area contributed by atoms with Crippen LogP contribution in [0.1, 0.15) is 17.3 Å². The van der Waals surface area contributed by atoms with Crippen LogP contribution >= 0.6 is 0 Å². The molecule has 1 rings (SSSR count). The molecule has 0 aromatic carbocycles. The Hall–Kier alpha value is -1.42. The van der Waals surface area contributed by atoms with E-state index < -0.39 is 0 Å². The molecule has 76 valence electrons. The van der Waals surface area contributed by atoms with E-state index in [-0.39, 0.29) is 0 Å². The lowest BCUT2D eigenvalue weighted by Crippen LogP contribution is -2.07. The molecule has 0 spiro atoms. The summed E-state index contributed by atoms with van der Waals surface area (Å²) < 4.78 is 10.4. The zero-order valence-electron chi connectivity index (χ0n) is 8.10. The fourth-order valence-electron chi connectivity index (χ4n) is 0.969. The molecular weight excluding hydrogens is 182 g/mol. The van der Waals surface area contributed by atoms with Crippen molar-refractivity contribution < 1.29 is 14.3 Å². The summed E-state index contributed by atoms with van der Waals surface area (Å²) >= 11 is 0. The Kier molecular flexibility index (Phi) is 4.64. The summed E-state index contributed by atoms with van der Waals surface area (Å²) in [4.78, 5) is 14.4. The average Bonchev–Trinajstić information content (AvgIpc) is 2.25. The second-order valence-corrected chi connectivity index (χ2v) is 2.58. The molecule has 0 saturated carbocycles. The Balaban J connectivity index is 2.45. The predicted octanol–water partition coefficient (Wildman–Crippen LogP) is 1.31. The zero-order valence-corrected chi connectivity index (χ0v) is 8.10. The third-order valence-electron chi connectivity index (χ3n) is 1.63. The number of pyridine rings is 1. The minimum Gasteiger partial charge on any atom is -0.490 e. The number of hydrogen-bond donors (Lipinski definition) is 0. The third kappa shape index (κ3) is 3.14. The summed E-state index contributed by atoms with van der Waals surface area (Å²) in [6.45, 7) is 3.55. The van der Waals surface area contributed by atoms with Crippen LogP contribution in [0, 0.1) is 0 Å². The van der Waals surface area contributed by atoms with Gasteiger partial charge in [0, 0.05) is 19.0 Å². The van der Waals surface area contributed by atoms with Crippen molar-refractivity contribution in [3.05, 3.63) is 24.0 Å². The van der Waals surface area contributed by atoms with E-state index in [9.17, 15) is 4.79 Å². The van der Waals surface area contributed by atoms with Gasteiger partial charge in [0.05, 0.1) is 12.2 Å². The highest BCUT2D eigenvalue weighted by Crippen LogP contribution is 2.13. The molecule has 1 heterocycles. The number of hydrogen-bond acceptors (Lipinski definition) is 4. The third-order valence-corrected chi connectivity index (χ3v) is 1.63. The van der Waals surface area contributed by atoms with Crippen molar-refractivity contribution >= 4 is 6.29 Å². The maximum atomic E-state index is 10.6. The minimum absolute atomic E-state index is 0.443. The van der Waals surface area contributed by atoms with Crippen molar-refractivity contribution in [2.45, 2.75) is 6.92 Å². The number of ether oxygens (including phenoxy) is 2. The van der Waals surface area contributed by atoms with Gasteiger partial charge in [0.1, 0.15) is 12.4 Å². The van der Waals surface area contributed by atoms with Crippen LogP contribution in [0.4, 0.5) is 0 Å². The van der Waals surface area contributed by atoms with E-state index in [0.29, 0.717) is 31.1 Å². The van der Waals surface area contributed by atoms with Crippen molar-refractivity contribution in [3.8, 4) is 5.75 Å². The maximum absolute atomic E-state index is 10.6. The van der Waals surface area contributed by atoms with E-state index in [2.05, 4.69) is 4.98 Å². The van der Waals surface area contributed by atoms with Gasteiger partial charge in [-0.2, -0.15) is 0 Å². The minimum atomic E-state index is 0.443. The first-order valence-corrected chi connectivity index (χ1v) is 4.48. The van der Waals surface area contributed by atoms with Gasteiger partial charge in [0.2, 0.25) is 0 Å². The second kappa shape index (κ2) is 6.10. The number of carbonyl (C=O) groups is 1. The number of aldehydes is 1. The van der Waals surface area contributed by atoms with Crippen molar-refractivity contribution in [2.75, 3.05) is 19.8 Å². The van der Waals surface area contributed by atoms with Crippen molar-refractivity contribution in [2.24, 2.45) is 0 Å². The molecule has 14 heavy (non-hydrogen) atoms. The van der Waals surface area contributed by atoms with Crippen LogP contribution in [-0.2, 0) is 4.74 Å². The number of aromatic nitrogens is 1. The lowest BCUT2D eigenvalue weighted by atomic mass is 10.3. The van der Waals surface area contributed by atoms with Gasteiger partial charge in [-0.1, -0.05) is 0 Å². The van der Waals surface area contributed by atoms with Crippen LogP contribution in [0.2, 0.25) is 0 Å². The van der Waals surface area contributed by atoms with Gasteiger partial charge >= 0.3 is 0 Å². The Morgan fingerprint density at radius 2 is 2.36 bits per heavy atom. The molecule has 1 aromatic heterocycles. The lowest BCUT2D eigenvalue weighted by molar-refractivity contribution is 0.106. The van der Waals surface area contributed by atoms with Crippen LogP contribution in [0.25, 0.3) is 0 Å². The Bertz CT molecular complexity index is 288. The average molecular weight is 195 g/mol. The lowest BCUT2D eigenvalue weighted by Gasteiger charge is -2.07. The normalized spacial score (nSPS) is 9.79. The standard InChI is InChI=1S/C10H13NO3/c1-2-13-5-6-14-10-3-4-11-7-9(10)8-12/h3-4,7-8H,2,5-6H2,1H3. The number of carbonyl (C=O) groups excluding carboxylic acids is 1. The van der Waals surface area contributed by atoms with E-state index in [4.69, 9.17) is 9.47 Å². The monoisotopic (exact) mass is 195 g/mol. The van der Waals surface area contributed by atoms with Crippen LogP contribution < -0.4 is 4.74 Å². The predicted molar refractivity (Wildman–Crippen MR) is 51.6 cm³/mol. The zero-order chi connectivity index (χ0) is 10.2. The van der Waals surface area contributed by atoms with Crippen LogP contribution in [0.3, 0.4) is 0 Å². The van der Waals surface area contributed by atoms with E-state index in [1.54, 1.807) is 12.3 Å².